The topological polar surface area (TPSA) is 61.8 Å². The molecule has 5 nitrogen and oxygen atoms in total. The summed E-state index contributed by atoms with van der Waals surface area (Å²) in [7, 11) is 0. The molecule has 0 spiro atoms. The standard InChI is InChI=1S/C17H24O5/c1-5-17(15(18)21-7-3,16(19)22-8-4)13-9-11-14(12-10-13)20-6-2/h9-12H,5-8H2,1-4H3. The number of carbonyl (C=O) groups is 2. The highest BCUT2D eigenvalue weighted by Gasteiger charge is 2.49. The van der Waals surface area contributed by atoms with Crippen LogP contribution in [0, 0.1) is 0 Å². The van der Waals surface area contributed by atoms with Crippen LogP contribution in [0.25, 0.3) is 0 Å². The molecule has 5 heteroatoms. The second-order valence-electron chi connectivity index (χ2n) is 4.66. The van der Waals surface area contributed by atoms with Crippen molar-refractivity contribution < 1.29 is 23.8 Å². The lowest BCUT2D eigenvalue weighted by molar-refractivity contribution is -0.165. The zero-order valence-corrected chi connectivity index (χ0v) is 13.7. The Morgan fingerprint density at radius 2 is 1.36 bits per heavy atom. The van der Waals surface area contributed by atoms with Crippen LogP contribution < -0.4 is 4.74 Å². The van der Waals surface area contributed by atoms with E-state index in [-0.39, 0.29) is 19.6 Å². The van der Waals surface area contributed by atoms with Crippen LogP contribution in [0.2, 0.25) is 0 Å². The Bertz CT molecular complexity index is 474. The minimum atomic E-state index is -1.43. The third kappa shape index (κ3) is 3.59. The van der Waals surface area contributed by atoms with Crippen molar-refractivity contribution >= 4 is 11.9 Å². The second kappa shape index (κ2) is 8.41. The number of rotatable bonds is 8. The summed E-state index contributed by atoms with van der Waals surface area (Å²) in [5.41, 5.74) is -0.883. The van der Waals surface area contributed by atoms with Crippen LogP contribution in [0.15, 0.2) is 24.3 Å². The molecule has 0 aliphatic carbocycles. The third-order valence-corrected chi connectivity index (χ3v) is 3.44. The molecular formula is C17H24O5. The fourth-order valence-electron chi connectivity index (χ4n) is 2.32. The molecule has 0 saturated carbocycles. The Morgan fingerprint density at radius 1 is 0.864 bits per heavy atom. The Morgan fingerprint density at radius 3 is 1.73 bits per heavy atom. The van der Waals surface area contributed by atoms with Crippen LogP contribution >= 0.6 is 0 Å². The zero-order chi connectivity index (χ0) is 16.6. The van der Waals surface area contributed by atoms with E-state index < -0.39 is 17.4 Å². The van der Waals surface area contributed by atoms with E-state index in [4.69, 9.17) is 14.2 Å². The quantitative estimate of drug-likeness (QED) is 0.546. The number of hydrogen-bond acceptors (Lipinski definition) is 5. The van der Waals surface area contributed by atoms with Crippen molar-refractivity contribution in [2.75, 3.05) is 19.8 Å². The molecule has 0 radical (unpaired) electrons. The van der Waals surface area contributed by atoms with Crippen LogP contribution in [0.5, 0.6) is 5.75 Å². The normalized spacial score (nSPS) is 10.9. The lowest BCUT2D eigenvalue weighted by Gasteiger charge is -2.28. The van der Waals surface area contributed by atoms with Crippen molar-refractivity contribution in [3.63, 3.8) is 0 Å². The summed E-state index contributed by atoms with van der Waals surface area (Å²) >= 11 is 0. The highest BCUT2D eigenvalue weighted by atomic mass is 16.6. The molecule has 0 heterocycles. The average Bonchev–Trinajstić information content (AvgIpc) is 2.51. The number of carbonyl (C=O) groups excluding carboxylic acids is 2. The van der Waals surface area contributed by atoms with Crippen LogP contribution in [-0.2, 0) is 24.5 Å². The number of hydrogen-bond donors (Lipinski definition) is 0. The molecule has 0 unspecified atom stereocenters. The van der Waals surface area contributed by atoms with Gasteiger partial charge < -0.3 is 14.2 Å². The monoisotopic (exact) mass is 308 g/mol. The third-order valence-electron chi connectivity index (χ3n) is 3.44. The van der Waals surface area contributed by atoms with E-state index in [1.165, 1.54) is 0 Å². The summed E-state index contributed by atoms with van der Waals surface area (Å²) in [5.74, 6) is -0.482. The molecule has 1 rings (SSSR count). The van der Waals surface area contributed by atoms with E-state index in [0.29, 0.717) is 17.9 Å². The summed E-state index contributed by atoms with van der Waals surface area (Å²) in [6.07, 6.45) is 0.263. The van der Waals surface area contributed by atoms with Gasteiger partial charge in [-0.1, -0.05) is 19.1 Å². The molecule has 0 bridgehead atoms. The minimum Gasteiger partial charge on any atom is -0.494 e. The van der Waals surface area contributed by atoms with Gasteiger partial charge in [0.25, 0.3) is 0 Å². The first-order chi connectivity index (χ1) is 10.6. The maximum Gasteiger partial charge on any atom is 0.328 e. The smallest absolute Gasteiger partial charge is 0.328 e. The van der Waals surface area contributed by atoms with E-state index in [2.05, 4.69) is 0 Å². The van der Waals surface area contributed by atoms with Crippen LogP contribution in [0.4, 0.5) is 0 Å². The Labute approximate surface area is 131 Å². The fourth-order valence-corrected chi connectivity index (χ4v) is 2.32. The van der Waals surface area contributed by atoms with Gasteiger partial charge in [0.2, 0.25) is 0 Å². The van der Waals surface area contributed by atoms with Crippen molar-refractivity contribution in [2.24, 2.45) is 0 Å². The van der Waals surface area contributed by atoms with E-state index in [1.807, 2.05) is 6.92 Å². The van der Waals surface area contributed by atoms with Gasteiger partial charge in [0.1, 0.15) is 5.75 Å². The fraction of sp³-hybridized carbons (Fsp3) is 0.529. The van der Waals surface area contributed by atoms with E-state index in [9.17, 15) is 9.59 Å². The van der Waals surface area contributed by atoms with Crippen molar-refractivity contribution in [1.29, 1.82) is 0 Å². The minimum absolute atomic E-state index is 0.205. The van der Waals surface area contributed by atoms with Gasteiger partial charge in [-0.25, -0.2) is 0 Å². The summed E-state index contributed by atoms with van der Waals surface area (Å²) in [4.78, 5) is 24.9. The first kappa shape index (κ1) is 18.0. The van der Waals surface area contributed by atoms with Gasteiger partial charge >= 0.3 is 11.9 Å². The van der Waals surface area contributed by atoms with Gasteiger partial charge in [-0.05, 0) is 44.9 Å². The predicted molar refractivity (Wildman–Crippen MR) is 82.8 cm³/mol. The lowest BCUT2D eigenvalue weighted by atomic mass is 9.78. The molecule has 0 saturated heterocycles. The van der Waals surface area contributed by atoms with Gasteiger partial charge in [-0.15, -0.1) is 0 Å². The second-order valence-corrected chi connectivity index (χ2v) is 4.66. The largest absolute Gasteiger partial charge is 0.494 e. The predicted octanol–water partition coefficient (Wildman–Crippen LogP) is 2.86. The summed E-state index contributed by atoms with van der Waals surface area (Å²) in [5, 5.41) is 0. The van der Waals surface area contributed by atoms with Gasteiger partial charge in [-0.2, -0.15) is 0 Å². The number of ether oxygens (including phenoxy) is 3. The van der Waals surface area contributed by atoms with Gasteiger partial charge in [0.15, 0.2) is 5.41 Å². The van der Waals surface area contributed by atoms with Gasteiger partial charge in [0.05, 0.1) is 19.8 Å². The highest BCUT2D eigenvalue weighted by Crippen LogP contribution is 2.32. The summed E-state index contributed by atoms with van der Waals surface area (Å²) < 4.78 is 15.6. The molecule has 122 valence electrons. The summed E-state index contributed by atoms with van der Waals surface area (Å²) in [6, 6.07) is 6.90. The van der Waals surface area contributed by atoms with Crippen LogP contribution in [-0.4, -0.2) is 31.8 Å². The van der Waals surface area contributed by atoms with E-state index in [0.717, 1.165) is 0 Å². The Balaban J connectivity index is 3.28. The van der Waals surface area contributed by atoms with E-state index >= 15 is 0 Å². The average molecular weight is 308 g/mol. The SMILES string of the molecule is CCOC(=O)C(CC)(C(=O)OCC)c1ccc(OCC)cc1. The van der Waals surface area contributed by atoms with E-state index in [1.54, 1.807) is 45.0 Å². The molecule has 22 heavy (non-hydrogen) atoms. The molecule has 0 atom stereocenters. The van der Waals surface area contributed by atoms with Gasteiger partial charge in [0, 0.05) is 0 Å². The zero-order valence-electron chi connectivity index (χ0n) is 13.7. The molecule has 0 aromatic heterocycles. The van der Waals surface area contributed by atoms with Gasteiger partial charge in [-0.3, -0.25) is 9.59 Å². The molecule has 1 aromatic carbocycles. The Kier molecular flexibility index (Phi) is 6.89. The van der Waals surface area contributed by atoms with Crippen molar-refractivity contribution in [2.45, 2.75) is 39.5 Å². The molecule has 0 amide bonds. The molecule has 0 aliphatic rings. The Hall–Kier alpha value is -2.04. The maximum absolute atomic E-state index is 12.5. The lowest BCUT2D eigenvalue weighted by Crippen LogP contribution is -2.45. The van der Waals surface area contributed by atoms with Crippen molar-refractivity contribution in [1.82, 2.24) is 0 Å². The molecule has 0 N–H and O–H groups in total. The molecule has 0 aliphatic heterocycles. The number of esters is 2. The first-order valence-electron chi connectivity index (χ1n) is 7.64. The number of benzene rings is 1. The highest BCUT2D eigenvalue weighted by molar-refractivity contribution is 6.06. The van der Waals surface area contributed by atoms with Crippen molar-refractivity contribution in [3.8, 4) is 5.75 Å². The van der Waals surface area contributed by atoms with Crippen molar-refractivity contribution in [3.05, 3.63) is 29.8 Å². The van der Waals surface area contributed by atoms with Crippen LogP contribution in [0.1, 0.15) is 39.7 Å². The van der Waals surface area contributed by atoms with Crippen LogP contribution in [0.3, 0.4) is 0 Å². The molecule has 1 aromatic rings. The molecular weight excluding hydrogens is 284 g/mol. The summed E-state index contributed by atoms with van der Waals surface area (Å²) in [6.45, 7) is 8.04. The first-order valence-corrected chi connectivity index (χ1v) is 7.64. The molecule has 0 fully saturated rings. The maximum atomic E-state index is 12.5.